The lowest BCUT2D eigenvalue weighted by molar-refractivity contribution is 0.0257. The third-order valence-corrected chi connectivity index (χ3v) is 6.34. The molecule has 1 N–H and O–H groups in total. The first kappa shape index (κ1) is 15.8. The van der Waals surface area contributed by atoms with E-state index < -0.39 is 0 Å². The summed E-state index contributed by atoms with van der Waals surface area (Å²) in [5, 5.41) is 4.01. The van der Waals surface area contributed by atoms with Gasteiger partial charge in [0.25, 0.3) is 0 Å². The van der Waals surface area contributed by atoms with E-state index in [1.807, 2.05) is 0 Å². The van der Waals surface area contributed by atoms with Gasteiger partial charge in [0.15, 0.2) is 0 Å². The van der Waals surface area contributed by atoms with Crippen molar-refractivity contribution in [3.05, 3.63) is 0 Å². The van der Waals surface area contributed by atoms with Gasteiger partial charge in [0.05, 0.1) is 0 Å². The number of likely N-dealkylation sites (N-methyl/N-ethyl adjacent to an activating group) is 1. The van der Waals surface area contributed by atoms with Crippen LogP contribution in [0.25, 0.3) is 0 Å². The number of likely N-dealkylation sites (tertiary alicyclic amines) is 2. The molecule has 0 aromatic heterocycles. The number of rotatable bonds is 4. The van der Waals surface area contributed by atoms with Crippen molar-refractivity contribution in [2.24, 2.45) is 11.8 Å². The second-order valence-electron chi connectivity index (χ2n) is 8.06. The van der Waals surface area contributed by atoms with Crippen molar-refractivity contribution in [1.29, 1.82) is 0 Å². The molecule has 2 aliphatic heterocycles. The minimum atomic E-state index is 0.721. The van der Waals surface area contributed by atoms with Gasteiger partial charge in [-0.2, -0.15) is 0 Å². The highest BCUT2D eigenvalue weighted by atomic mass is 15.2. The quantitative estimate of drug-likeness (QED) is 0.859. The molecule has 0 aromatic carbocycles. The van der Waals surface area contributed by atoms with Crippen molar-refractivity contribution < 1.29 is 0 Å². The van der Waals surface area contributed by atoms with Crippen LogP contribution in [0.5, 0.6) is 0 Å². The first-order valence-electron chi connectivity index (χ1n) is 9.33. The third kappa shape index (κ3) is 3.62. The van der Waals surface area contributed by atoms with Crippen LogP contribution in [-0.2, 0) is 0 Å². The SMILES string of the molecule is CC(C)N1CC2CCCC(C1)C2NCC1CCCCN1C. The maximum absolute atomic E-state index is 4.01. The fourth-order valence-corrected chi connectivity index (χ4v) is 4.90. The molecule has 21 heavy (non-hydrogen) atoms. The van der Waals surface area contributed by atoms with Gasteiger partial charge in [0.2, 0.25) is 0 Å². The van der Waals surface area contributed by atoms with E-state index in [1.54, 1.807) is 0 Å². The minimum absolute atomic E-state index is 0.721. The van der Waals surface area contributed by atoms with E-state index in [0.717, 1.165) is 30.0 Å². The first-order valence-corrected chi connectivity index (χ1v) is 9.33. The standard InChI is InChI=1S/C18H35N3/c1-14(2)21-12-15-7-6-8-16(13-21)18(15)19-11-17-9-4-5-10-20(17)3/h14-19H,4-13H2,1-3H3. The first-order chi connectivity index (χ1) is 10.1. The fraction of sp³-hybridized carbons (Fsp3) is 1.00. The lowest BCUT2D eigenvalue weighted by Gasteiger charge is -2.49. The molecule has 3 fully saturated rings. The van der Waals surface area contributed by atoms with Gasteiger partial charge < -0.3 is 15.1 Å². The van der Waals surface area contributed by atoms with Crippen LogP contribution in [0.1, 0.15) is 52.4 Å². The number of nitrogens with zero attached hydrogens (tertiary/aromatic N) is 2. The molecule has 2 bridgehead atoms. The van der Waals surface area contributed by atoms with Gasteiger partial charge in [-0.05, 0) is 65.0 Å². The van der Waals surface area contributed by atoms with Crippen LogP contribution in [-0.4, -0.2) is 61.2 Å². The number of nitrogens with one attached hydrogen (secondary N) is 1. The molecule has 1 saturated carbocycles. The number of hydrogen-bond acceptors (Lipinski definition) is 3. The molecule has 3 nitrogen and oxygen atoms in total. The predicted molar refractivity (Wildman–Crippen MR) is 89.6 cm³/mol. The van der Waals surface area contributed by atoms with E-state index >= 15 is 0 Å². The van der Waals surface area contributed by atoms with Crippen molar-refractivity contribution in [3.8, 4) is 0 Å². The van der Waals surface area contributed by atoms with E-state index in [-0.39, 0.29) is 0 Å². The lowest BCUT2D eigenvalue weighted by atomic mass is 9.73. The topological polar surface area (TPSA) is 18.5 Å². The minimum Gasteiger partial charge on any atom is -0.312 e. The van der Waals surface area contributed by atoms with E-state index in [2.05, 4.69) is 36.0 Å². The van der Waals surface area contributed by atoms with Gasteiger partial charge in [0.1, 0.15) is 0 Å². The average Bonchev–Trinajstić information content (AvgIpc) is 2.45. The van der Waals surface area contributed by atoms with Crippen LogP contribution in [0.4, 0.5) is 0 Å². The third-order valence-electron chi connectivity index (χ3n) is 6.34. The van der Waals surface area contributed by atoms with Crippen LogP contribution in [0.2, 0.25) is 0 Å². The van der Waals surface area contributed by atoms with Crippen molar-refractivity contribution in [3.63, 3.8) is 0 Å². The summed E-state index contributed by atoms with van der Waals surface area (Å²) in [6, 6.07) is 2.30. The number of fused-ring (bicyclic) bond motifs is 2. The molecule has 0 radical (unpaired) electrons. The molecular formula is C18H35N3. The van der Waals surface area contributed by atoms with Crippen molar-refractivity contribution in [2.45, 2.75) is 70.5 Å². The zero-order valence-corrected chi connectivity index (χ0v) is 14.4. The normalized spacial score (nSPS) is 38.9. The zero-order chi connectivity index (χ0) is 14.8. The molecule has 3 unspecified atom stereocenters. The summed E-state index contributed by atoms with van der Waals surface area (Å²) >= 11 is 0. The zero-order valence-electron chi connectivity index (χ0n) is 14.4. The Morgan fingerprint density at radius 1 is 1.00 bits per heavy atom. The van der Waals surface area contributed by atoms with E-state index in [9.17, 15) is 0 Å². The average molecular weight is 293 g/mol. The van der Waals surface area contributed by atoms with Gasteiger partial charge in [-0.25, -0.2) is 0 Å². The van der Waals surface area contributed by atoms with Crippen molar-refractivity contribution in [1.82, 2.24) is 15.1 Å². The molecular weight excluding hydrogens is 258 g/mol. The molecule has 3 rings (SSSR count). The Kier molecular flexibility index (Phi) is 5.23. The molecule has 3 heteroatoms. The van der Waals surface area contributed by atoms with Crippen LogP contribution in [0, 0.1) is 11.8 Å². The highest BCUT2D eigenvalue weighted by Gasteiger charge is 2.40. The largest absolute Gasteiger partial charge is 0.312 e. The van der Waals surface area contributed by atoms with Gasteiger partial charge in [-0.1, -0.05) is 12.8 Å². The van der Waals surface area contributed by atoms with Crippen LogP contribution in [0.15, 0.2) is 0 Å². The maximum Gasteiger partial charge on any atom is 0.0217 e. The Balaban J connectivity index is 1.55. The molecule has 0 spiro atoms. The summed E-state index contributed by atoms with van der Waals surface area (Å²) in [5.41, 5.74) is 0. The van der Waals surface area contributed by atoms with E-state index in [1.165, 1.54) is 64.7 Å². The molecule has 2 heterocycles. The molecule has 3 aliphatic rings. The second kappa shape index (κ2) is 6.97. The second-order valence-corrected chi connectivity index (χ2v) is 8.06. The van der Waals surface area contributed by atoms with Crippen LogP contribution in [0.3, 0.4) is 0 Å². The lowest BCUT2D eigenvalue weighted by Crippen LogP contribution is -2.59. The van der Waals surface area contributed by atoms with Gasteiger partial charge >= 0.3 is 0 Å². The Morgan fingerprint density at radius 2 is 1.71 bits per heavy atom. The molecule has 0 amide bonds. The summed E-state index contributed by atoms with van der Waals surface area (Å²) in [7, 11) is 2.31. The highest BCUT2D eigenvalue weighted by Crippen LogP contribution is 2.35. The smallest absolute Gasteiger partial charge is 0.0217 e. The molecule has 1 aliphatic carbocycles. The van der Waals surface area contributed by atoms with Crippen LogP contribution < -0.4 is 5.32 Å². The van der Waals surface area contributed by atoms with E-state index in [0.29, 0.717) is 0 Å². The van der Waals surface area contributed by atoms with Crippen molar-refractivity contribution in [2.75, 3.05) is 33.2 Å². The Bertz CT molecular complexity index is 316. The fourth-order valence-electron chi connectivity index (χ4n) is 4.90. The Hall–Kier alpha value is -0.120. The van der Waals surface area contributed by atoms with Crippen molar-refractivity contribution >= 4 is 0 Å². The van der Waals surface area contributed by atoms with Gasteiger partial charge in [-0.3, -0.25) is 0 Å². The Labute approximate surface area is 131 Å². The monoisotopic (exact) mass is 293 g/mol. The molecule has 0 aromatic rings. The highest BCUT2D eigenvalue weighted by molar-refractivity contribution is 4.96. The predicted octanol–water partition coefficient (Wildman–Crippen LogP) is 2.57. The summed E-state index contributed by atoms with van der Waals surface area (Å²) in [6.45, 7) is 9.89. The van der Waals surface area contributed by atoms with E-state index in [4.69, 9.17) is 0 Å². The summed E-state index contributed by atoms with van der Waals surface area (Å²) < 4.78 is 0. The molecule has 122 valence electrons. The summed E-state index contributed by atoms with van der Waals surface area (Å²) in [5.74, 6) is 1.79. The van der Waals surface area contributed by atoms with Gasteiger partial charge in [0, 0.05) is 37.8 Å². The van der Waals surface area contributed by atoms with Crippen LogP contribution >= 0.6 is 0 Å². The molecule has 3 atom stereocenters. The Morgan fingerprint density at radius 3 is 2.33 bits per heavy atom. The van der Waals surface area contributed by atoms with Gasteiger partial charge in [-0.15, -0.1) is 0 Å². The number of hydrogen-bond donors (Lipinski definition) is 1. The maximum atomic E-state index is 4.01. The number of piperidine rings is 2. The summed E-state index contributed by atoms with van der Waals surface area (Å²) in [6.07, 6.45) is 8.56. The molecule has 2 saturated heterocycles. The summed E-state index contributed by atoms with van der Waals surface area (Å²) in [4.78, 5) is 5.30.